The van der Waals surface area contributed by atoms with Crippen molar-refractivity contribution in [2.75, 3.05) is 32.7 Å². The van der Waals surface area contributed by atoms with Crippen LogP contribution in [0.1, 0.15) is 49.0 Å². The predicted molar refractivity (Wildman–Crippen MR) is 131 cm³/mol. The van der Waals surface area contributed by atoms with E-state index in [1.54, 1.807) is 0 Å². The minimum Gasteiger partial charge on any atom is -0.357 e. The van der Waals surface area contributed by atoms with Gasteiger partial charge in [0.05, 0.1) is 18.8 Å². The number of nitrogens with one attached hydrogen (secondary N) is 3. The van der Waals surface area contributed by atoms with Gasteiger partial charge in [-0.15, -0.1) is 24.0 Å². The van der Waals surface area contributed by atoms with Gasteiger partial charge in [0.15, 0.2) is 5.96 Å². The van der Waals surface area contributed by atoms with Crippen LogP contribution in [-0.4, -0.2) is 53.8 Å². The number of hydrogen-bond donors (Lipinski definition) is 3. The van der Waals surface area contributed by atoms with Gasteiger partial charge in [0.1, 0.15) is 0 Å². The number of nitrogens with zero attached hydrogens (tertiary/aromatic N) is 3. The van der Waals surface area contributed by atoms with E-state index in [2.05, 4.69) is 69.9 Å². The lowest BCUT2D eigenvalue weighted by atomic mass is 10.1. The molecule has 0 amide bonds. The van der Waals surface area contributed by atoms with Crippen molar-refractivity contribution in [3.05, 3.63) is 53.3 Å². The molecule has 1 aliphatic heterocycles. The smallest absolute Gasteiger partial charge is 0.191 e. The number of aromatic amines is 1. The van der Waals surface area contributed by atoms with Crippen LogP contribution in [0.25, 0.3) is 0 Å². The summed E-state index contributed by atoms with van der Waals surface area (Å²) in [6, 6.07) is 11.2. The van der Waals surface area contributed by atoms with Crippen LogP contribution in [-0.2, 0) is 6.42 Å². The molecule has 0 spiro atoms. The molecular weight excluding hydrogens is 475 g/mol. The lowest BCUT2D eigenvalue weighted by Gasteiger charge is -2.27. The normalized spacial score (nSPS) is 15.7. The van der Waals surface area contributed by atoms with Crippen LogP contribution in [0.5, 0.6) is 0 Å². The molecule has 0 radical (unpaired) electrons. The molecule has 0 saturated carbocycles. The summed E-state index contributed by atoms with van der Waals surface area (Å²) in [5.74, 6) is 0.909. The van der Waals surface area contributed by atoms with Gasteiger partial charge in [0.2, 0.25) is 0 Å². The number of likely N-dealkylation sites (tertiary alicyclic amines) is 1. The monoisotopic (exact) mass is 510 g/mol. The van der Waals surface area contributed by atoms with Crippen molar-refractivity contribution < 1.29 is 0 Å². The summed E-state index contributed by atoms with van der Waals surface area (Å²) in [6.45, 7) is 9.07. The van der Waals surface area contributed by atoms with E-state index in [0.717, 1.165) is 44.1 Å². The average Bonchev–Trinajstić information content (AvgIpc) is 3.38. The first kappa shape index (κ1) is 23.7. The van der Waals surface area contributed by atoms with Gasteiger partial charge >= 0.3 is 0 Å². The Hall–Kier alpha value is -1.61. The Morgan fingerprint density at radius 1 is 1.21 bits per heavy atom. The molecule has 3 rings (SSSR count). The lowest BCUT2D eigenvalue weighted by Crippen LogP contribution is -2.39. The van der Waals surface area contributed by atoms with E-state index in [-0.39, 0.29) is 24.0 Å². The number of benzene rings is 1. The van der Waals surface area contributed by atoms with Crippen LogP contribution in [0.15, 0.2) is 41.5 Å². The first-order chi connectivity index (χ1) is 13.8. The standard InChI is InChI=1S/C22H34N6.HI/c1-3-23-22(24-13-9-12-20-16-26-27-18(20)2)25-17-21(28-14-7-8-15-28)19-10-5-4-6-11-19;/h4-6,10-11,16,21H,3,7-9,12-15,17H2,1-2H3,(H,26,27)(H2,23,24,25);1H. The molecule has 3 N–H and O–H groups in total. The summed E-state index contributed by atoms with van der Waals surface area (Å²) >= 11 is 0. The minimum atomic E-state index is 0. The number of aromatic nitrogens is 2. The summed E-state index contributed by atoms with van der Waals surface area (Å²) in [7, 11) is 0. The molecule has 2 aromatic rings. The van der Waals surface area contributed by atoms with Gasteiger partial charge < -0.3 is 10.6 Å². The third-order valence-electron chi connectivity index (χ3n) is 5.38. The van der Waals surface area contributed by atoms with E-state index in [4.69, 9.17) is 4.99 Å². The first-order valence-corrected chi connectivity index (χ1v) is 10.6. The van der Waals surface area contributed by atoms with Crippen LogP contribution in [0.4, 0.5) is 0 Å². The maximum Gasteiger partial charge on any atom is 0.191 e. The van der Waals surface area contributed by atoms with Crippen LogP contribution in [0, 0.1) is 6.92 Å². The molecular formula is C22H35IN6. The summed E-state index contributed by atoms with van der Waals surface area (Å²) in [5, 5.41) is 14.0. The van der Waals surface area contributed by atoms with Crippen molar-refractivity contribution in [3.8, 4) is 0 Å². The van der Waals surface area contributed by atoms with Gasteiger partial charge in [0, 0.05) is 18.8 Å². The molecule has 29 heavy (non-hydrogen) atoms. The van der Waals surface area contributed by atoms with Crippen molar-refractivity contribution in [3.63, 3.8) is 0 Å². The fourth-order valence-corrected chi connectivity index (χ4v) is 3.79. The largest absolute Gasteiger partial charge is 0.357 e. The molecule has 6 nitrogen and oxygen atoms in total. The average molecular weight is 510 g/mol. The Kier molecular flexibility index (Phi) is 10.5. The lowest BCUT2D eigenvalue weighted by molar-refractivity contribution is 0.251. The van der Waals surface area contributed by atoms with Gasteiger partial charge in [-0.25, -0.2) is 0 Å². The summed E-state index contributed by atoms with van der Waals surface area (Å²) in [5.41, 5.74) is 3.82. The Morgan fingerprint density at radius 3 is 2.62 bits per heavy atom. The summed E-state index contributed by atoms with van der Waals surface area (Å²) in [4.78, 5) is 7.49. The Bertz CT molecular complexity index is 724. The van der Waals surface area contributed by atoms with Gasteiger partial charge in [-0.1, -0.05) is 30.3 Å². The molecule has 1 unspecified atom stereocenters. The Balaban J connectivity index is 0.00000300. The van der Waals surface area contributed by atoms with E-state index in [0.29, 0.717) is 6.04 Å². The van der Waals surface area contributed by atoms with E-state index >= 15 is 0 Å². The van der Waals surface area contributed by atoms with E-state index in [1.165, 1.54) is 37.1 Å². The van der Waals surface area contributed by atoms with Crippen LogP contribution >= 0.6 is 24.0 Å². The topological polar surface area (TPSA) is 68.3 Å². The molecule has 0 bridgehead atoms. The zero-order valence-electron chi connectivity index (χ0n) is 17.7. The van der Waals surface area contributed by atoms with Crippen LogP contribution in [0.2, 0.25) is 0 Å². The van der Waals surface area contributed by atoms with E-state index in [1.807, 2.05) is 6.20 Å². The zero-order chi connectivity index (χ0) is 19.6. The number of H-pyrrole nitrogens is 1. The number of rotatable bonds is 9. The molecule has 1 aromatic heterocycles. The molecule has 2 heterocycles. The molecule has 160 valence electrons. The zero-order valence-corrected chi connectivity index (χ0v) is 20.0. The van der Waals surface area contributed by atoms with Crippen LogP contribution in [0.3, 0.4) is 0 Å². The fraction of sp³-hybridized carbons (Fsp3) is 0.545. The minimum absolute atomic E-state index is 0. The third kappa shape index (κ3) is 7.29. The highest BCUT2D eigenvalue weighted by Gasteiger charge is 2.23. The van der Waals surface area contributed by atoms with Crippen molar-refractivity contribution in [1.82, 2.24) is 25.7 Å². The molecule has 1 aromatic carbocycles. The quantitative estimate of drug-likeness (QED) is 0.209. The number of guanidine groups is 1. The fourth-order valence-electron chi connectivity index (χ4n) is 3.79. The summed E-state index contributed by atoms with van der Waals surface area (Å²) < 4.78 is 0. The van der Waals surface area contributed by atoms with E-state index < -0.39 is 0 Å². The van der Waals surface area contributed by atoms with Gasteiger partial charge in [-0.05, 0) is 63.7 Å². The maximum atomic E-state index is 4.92. The molecule has 1 aliphatic rings. The van der Waals surface area contributed by atoms with Crippen molar-refractivity contribution in [2.45, 2.75) is 45.6 Å². The highest BCUT2D eigenvalue weighted by molar-refractivity contribution is 14.0. The Labute approximate surface area is 192 Å². The number of hydrogen-bond acceptors (Lipinski definition) is 3. The third-order valence-corrected chi connectivity index (χ3v) is 5.38. The highest BCUT2D eigenvalue weighted by Crippen LogP contribution is 2.25. The second-order valence-corrected chi connectivity index (χ2v) is 7.44. The predicted octanol–water partition coefficient (Wildman–Crippen LogP) is 3.66. The number of aliphatic imine (C=N–C) groups is 1. The SMILES string of the molecule is CCNC(=NCC(c1ccccc1)N1CCCC1)NCCCc1cn[nH]c1C.I. The number of aryl methyl sites for hydroxylation is 2. The molecule has 1 atom stereocenters. The van der Waals surface area contributed by atoms with Crippen molar-refractivity contribution in [1.29, 1.82) is 0 Å². The second-order valence-electron chi connectivity index (χ2n) is 7.44. The van der Waals surface area contributed by atoms with Crippen molar-refractivity contribution in [2.24, 2.45) is 4.99 Å². The van der Waals surface area contributed by atoms with Gasteiger partial charge in [-0.3, -0.25) is 15.0 Å². The second kappa shape index (κ2) is 12.8. The molecule has 7 heteroatoms. The Morgan fingerprint density at radius 2 is 1.97 bits per heavy atom. The van der Waals surface area contributed by atoms with Crippen molar-refractivity contribution >= 4 is 29.9 Å². The molecule has 1 saturated heterocycles. The summed E-state index contributed by atoms with van der Waals surface area (Å²) in [6.07, 6.45) is 6.58. The number of halogens is 1. The maximum absolute atomic E-state index is 4.92. The van der Waals surface area contributed by atoms with Gasteiger partial charge in [-0.2, -0.15) is 5.10 Å². The van der Waals surface area contributed by atoms with Gasteiger partial charge in [0.25, 0.3) is 0 Å². The molecule has 0 aliphatic carbocycles. The first-order valence-electron chi connectivity index (χ1n) is 10.6. The van der Waals surface area contributed by atoms with Crippen LogP contribution < -0.4 is 10.6 Å². The highest BCUT2D eigenvalue weighted by atomic mass is 127. The molecule has 1 fully saturated rings. The van der Waals surface area contributed by atoms with E-state index in [9.17, 15) is 0 Å².